The predicted octanol–water partition coefficient (Wildman–Crippen LogP) is 18.7. The number of nitrogens with zero attached hydrogens (tertiary/aromatic N) is 1. The molecule has 2 unspecified atom stereocenters. The lowest BCUT2D eigenvalue weighted by Crippen LogP contribution is -2.44. The minimum atomic E-state index is -1.65. The quantitative estimate of drug-likeness (QED) is 0.0195. The number of esters is 2. The number of carbonyl (C=O) groups is 3. The van der Waals surface area contributed by atoms with Crippen molar-refractivity contribution in [2.24, 2.45) is 0 Å². The fraction of sp³-hybridized carbons (Fsp3) is 0.513. The van der Waals surface area contributed by atoms with Gasteiger partial charge in [0.15, 0.2) is 12.4 Å². The van der Waals surface area contributed by atoms with Crippen molar-refractivity contribution in [3.63, 3.8) is 0 Å². The highest BCUT2D eigenvalue weighted by Gasteiger charge is 2.22. The summed E-state index contributed by atoms with van der Waals surface area (Å²) in [6.45, 7) is 4.40. The fourth-order valence-electron chi connectivity index (χ4n) is 7.66. The van der Waals surface area contributed by atoms with Crippen LogP contribution in [0.3, 0.4) is 0 Å². The van der Waals surface area contributed by atoms with Gasteiger partial charge in [-0.1, -0.05) is 240 Å². The molecule has 0 aromatic rings. The van der Waals surface area contributed by atoms with Crippen molar-refractivity contribution >= 4 is 17.9 Å². The van der Waals surface area contributed by atoms with Crippen LogP contribution in [0.2, 0.25) is 0 Å². The zero-order chi connectivity index (χ0) is 61.9. The van der Waals surface area contributed by atoms with E-state index in [1.54, 1.807) is 0 Å². The van der Waals surface area contributed by atoms with E-state index in [0.29, 0.717) is 23.9 Å². The van der Waals surface area contributed by atoms with Crippen LogP contribution in [-0.2, 0) is 33.3 Å². The number of carboxylic acid groups (broad SMARTS) is 1. The normalized spacial score (nSPS) is 14.1. The Morgan fingerprint density at radius 3 is 0.965 bits per heavy atom. The standard InChI is InChI=1S/C76H115NO8/c1-6-8-10-12-14-16-18-20-22-24-26-28-30-32-34-35-36-37-38-39-41-43-45-47-49-51-53-55-57-59-61-63-65-67-74(79)85-72(71-84-76(75(80)81)82-69-68-77(3,4)5)70-83-73(78)66-64-62-60-58-56-54-52-50-48-46-44-42-40-33-31-29-27-25-23-21-19-17-15-13-11-9-7-2/h8-11,14-17,20-23,26-29,32-34,36-37,39-41,44-47,50-53,56,58,72,76H,6-7,12-13,18-19,24-25,30-31,35,38,42-43,48-49,54-55,57,59-71H2,1-5H3/b10-8-,11-9-,16-14-,17-15-,22-20-,23-21-,28-26-,29-27-,34-32-,37-36-,40-33-,41-39-,46-44-,47-45-,52-50-,53-51-,58-56-. The summed E-state index contributed by atoms with van der Waals surface area (Å²) in [4.78, 5) is 37.4. The molecule has 0 aliphatic heterocycles. The maximum Gasteiger partial charge on any atom is 0.306 e. The van der Waals surface area contributed by atoms with Crippen LogP contribution in [-0.4, -0.2) is 82.3 Å². The van der Waals surface area contributed by atoms with Crippen LogP contribution in [0.15, 0.2) is 207 Å². The molecule has 0 spiro atoms. The van der Waals surface area contributed by atoms with Crippen LogP contribution in [0.5, 0.6) is 0 Å². The molecule has 0 saturated heterocycles. The smallest absolute Gasteiger partial charge is 0.306 e. The number of carbonyl (C=O) groups excluding carboxylic acids is 3. The maximum atomic E-state index is 12.9. The summed E-state index contributed by atoms with van der Waals surface area (Å²) in [5.41, 5.74) is 0. The summed E-state index contributed by atoms with van der Waals surface area (Å²) in [5.74, 6) is -2.40. The molecule has 0 aromatic heterocycles. The number of rotatable bonds is 56. The van der Waals surface area contributed by atoms with Crippen molar-refractivity contribution in [2.45, 2.75) is 206 Å². The molecule has 472 valence electrons. The first-order valence-corrected chi connectivity index (χ1v) is 32.2. The van der Waals surface area contributed by atoms with Crippen LogP contribution in [0.4, 0.5) is 0 Å². The molecule has 85 heavy (non-hydrogen) atoms. The van der Waals surface area contributed by atoms with E-state index in [2.05, 4.69) is 220 Å². The Kier molecular flexibility index (Phi) is 59.3. The molecule has 0 amide bonds. The lowest BCUT2D eigenvalue weighted by atomic mass is 10.1. The van der Waals surface area contributed by atoms with E-state index >= 15 is 0 Å². The zero-order valence-electron chi connectivity index (χ0n) is 53.6. The number of ether oxygens (including phenoxy) is 4. The highest BCUT2D eigenvalue weighted by Crippen LogP contribution is 2.12. The van der Waals surface area contributed by atoms with Gasteiger partial charge >= 0.3 is 11.9 Å². The third kappa shape index (κ3) is 65.3. The van der Waals surface area contributed by atoms with Crippen LogP contribution >= 0.6 is 0 Å². The average Bonchev–Trinajstić information content (AvgIpc) is 3.49. The first-order valence-electron chi connectivity index (χ1n) is 32.2. The first-order chi connectivity index (χ1) is 41.6. The van der Waals surface area contributed by atoms with Crippen LogP contribution in [0.25, 0.3) is 0 Å². The van der Waals surface area contributed by atoms with Crippen LogP contribution in [0.1, 0.15) is 194 Å². The van der Waals surface area contributed by atoms with Gasteiger partial charge in [-0.2, -0.15) is 0 Å². The Morgan fingerprint density at radius 2 is 0.635 bits per heavy atom. The molecule has 0 saturated carbocycles. The summed E-state index contributed by atoms with van der Waals surface area (Å²) < 4.78 is 22.6. The van der Waals surface area contributed by atoms with E-state index in [1.165, 1.54) is 0 Å². The summed E-state index contributed by atoms with van der Waals surface area (Å²) in [7, 11) is 5.88. The van der Waals surface area contributed by atoms with Crippen molar-refractivity contribution in [3.8, 4) is 0 Å². The number of likely N-dealkylation sites (N-methyl/N-ethyl adjacent to an activating group) is 1. The second kappa shape index (κ2) is 63.9. The highest BCUT2D eigenvalue weighted by molar-refractivity contribution is 5.70. The molecule has 2 atom stereocenters. The van der Waals surface area contributed by atoms with E-state index < -0.39 is 30.3 Å². The molecular formula is C76H115NO8. The summed E-state index contributed by atoms with van der Waals surface area (Å²) >= 11 is 0. The van der Waals surface area contributed by atoms with Crippen molar-refractivity contribution in [3.05, 3.63) is 207 Å². The van der Waals surface area contributed by atoms with Gasteiger partial charge in [-0.15, -0.1) is 0 Å². The molecule has 0 heterocycles. The van der Waals surface area contributed by atoms with E-state index in [0.717, 1.165) is 154 Å². The number of quaternary nitrogens is 1. The SMILES string of the molecule is CC/C=C\C/C=C\C/C=C\C/C=C\C/C=C\C/C=C\C/C=C\C/C=C\C/C=C\CCCCCCCC(=O)OC(COC(=O)CCCC/C=C\C/C=C\C/C=C\C/C=C\C/C=C\C/C=C\C/C=C\C/C=C\CC)COC(OCC[N+](C)(C)C)C(=O)[O-]. The van der Waals surface area contributed by atoms with E-state index in [-0.39, 0.29) is 32.7 Å². The molecule has 0 rings (SSSR count). The molecule has 9 nitrogen and oxygen atoms in total. The van der Waals surface area contributed by atoms with Crippen molar-refractivity contribution in [2.75, 3.05) is 47.5 Å². The third-order valence-electron chi connectivity index (χ3n) is 12.5. The minimum absolute atomic E-state index is 0.123. The number of carboxylic acids is 1. The molecule has 9 heteroatoms. The topological polar surface area (TPSA) is 111 Å². The molecule has 0 aliphatic carbocycles. The number of hydrogen-bond acceptors (Lipinski definition) is 8. The Morgan fingerprint density at radius 1 is 0.353 bits per heavy atom. The Labute approximate surface area is 518 Å². The number of allylic oxidation sites excluding steroid dienone is 34. The van der Waals surface area contributed by atoms with E-state index in [9.17, 15) is 19.5 Å². The molecule has 0 radical (unpaired) electrons. The van der Waals surface area contributed by atoms with Gasteiger partial charge in [0.1, 0.15) is 13.2 Å². The second-order valence-corrected chi connectivity index (χ2v) is 21.6. The lowest BCUT2D eigenvalue weighted by Gasteiger charge is -2.26. The third-order valence-corrected chi connectivity index (χ3v) is 12.5. The summed E-state index contributed by atoms with van der Waals surface area (Å²) in [5, 5.41) is 11.8. The molecular weight excluding hydrogens is 1050 g/mol. The van der Waals surface area contributed by atoms with Crippen molar-refractivity contribution in [1.82, 2.24) is 0 Å². The van der Waals surface area contributed by atoms with Crippen LogP contribution < -0.4 is 5.11 Å². The number of hydrogen-bond donors (Lipinski definition) is 0. The molecule has 0 N–H and O–H groups in total. The highest BCUT2D eigenvalue weighted by atomic mass is 16.7. The average molecular weight is 1170 g/mol. The predicted molar refractivity (Wildman–Crippen MR) is 360 cm³/mol. The largest absolute Gasteiger partial charge is 0.545 e. The van der Waals surface area contributed by atoms with Crippen LogP contribution in [0, 0.1) is 0 Å². The Bertz CT molecular complexity index is 2140. The zero-order valence-corrected chi connectivity index (χ0v) is 53.6. The van der Waals surface area contributed by atoms with Crippen molar-refractivity contribution in [1.29, 1.82) is 0 Å². The number of aliphatic carboxylic acids is 1. The number of unbranched alkanes of at least 4 members (excludes halogenated alkanes) is 7. The molecule has 0 fully saturated rings. The molecule has 0 aliphatic rings. The van der Waals surface area contributed by atoms with Gasteiger partial charge in [0, 0.05) is 12.8 Å². The van der Waals surface area contributed by atoms with Gasteiger partial charge in [0.05, 0.1) is 40.3 Å². The lowest BCUT2D eigenvalue weighted by molar-refractivity contribution is -0.870. The summed E-state index contributed by atoms with van der Waals surface area (Å²) in [6, 6.07) is 0. The monoisotopic (exact) mass is 1170 g/mol. The van der Waals surface area contributed by atoms with Gasteiger partial charge in [-0.25, -0.2) is 0 Å². The molecule has 0 bridgehead atoms. The van der Waals surface area contributed by atoms with Gasteiger partial charge < -0.3 is 33.3 Å². The fourth-order valence-corrected chi connectivity index (χ4v) is 7.66. The van der Waals surface area contributed by atoms with Gasteiger partial charge in [0.25, 0.3) is 0 Å². The second-order valence-electron chi connectivity index (χ2n) is 21.6. The van der Waals surface area contributed by atoms with Gasteiger partial charge in [-0.05, 0) is 148 Å². The Hall–Kier alpha value is -6.13. The van der Waals surface area contributed by atoms with E-state index in [1.807, 2.05) is 21.1 Å². The Balaban J connectivity index is 4.39. The summed E-state index contributed by atoms with van der Waals surface area (Å²) in [6.07, 6.45) is 97.4. The maximum absolute atomic E-state index is 12.9. The van der Waals surface area contributed by atoms with E-state index in [4.69, 9.17) is 18.9 Å². The van der Waals surface area contributed by atoms with Gasteiger partial charge in [0.2, 0.25) is 0 Å². The first kappa shape index (κ1) is 78.9. The molecule has 0 aromatic carbocycles. The van der Waals surface area contributed by atoms with Crippen molar-refractivity contribution < 1.29 is 42.9 Å². The van der Waals surface area contributed by atoms with Gasteiger partial charge in [-0.3, -0.25) is 9.59 Å². The minimum Gasteiger partial charge on any atom is -0.545 e.